The van der Waals surface area contributed by atoms with Gasteiger partial charge in [-0.1, -0.05) is 60.2 Å². The fourth-order valence-electron chi connectivity index (χ4n) is 3.46. The molecule has 0 aliphatic carbocycles. The minimum absolute atomic E-state index is 0. The molecule has 3 atom stereocenters. The lowest BCUT2D eigenvalue weighted by Crippen LogP contribution is -2.42. The summed E-state index contributed by atoms with van der Waals surface area (Å²) in [5.74, 6) is -0.0948. The maximum Gasteiger partial charge on any atom is 0.241 e. The zero-order valence-corrected chi connectivity index (χ0v) is 17.4. The van der Waals surface area contributed by atoms with Gasteiger partial charge in [0.1, 0.15) is 6.04 Å². The van der Waals surface area contributed by atoms with Gasteiger partial charge in [-0.15, -0.1) is 24.8 Å². The van der Waals surface area contributed by atoms with Crippen molar-refractivity contribution in [3.05, 3.63) is 71.3 Å². The number of hydrogen-bond donors (Lipinski definition) is 2. The molecule has 6 heteroatoms. The summed E-state index contributed by atoms with van der Waals surface area (Å²) in [4.78, 5) is 14.9. The van der Waals surface area contributed by atoms with E-state index in [0.717, 1.165) is 30.6 Å². The van der Waals surface area contributed by atoms with Crippen molar-refractivity contribution in [1.82, 2.24) is 10.2 Å². The molecule has 2 aromatic rings. The van der Waals surface area contributed by atoms with E-state index in [0.29, 0.717) is 6.04 Å². The smallest absolute Gasteiger partial charge is 0.241 e. The Morgan fingerprint density at radius 3 is 2.41 bits per heavy atom. The molecule has 1 amide bonds. The van der Waals surface area contributed by atoms with Gasteiger partial charge in [0.25, 0.3) is 0 Å². The maximum absolute atomic E-state index is 12.5. The molecular weight excluding hydrogens is 381 g/mol. The molecule has 1 saturated heterocycles. The first kappa shape index (κ1) is 23.4. The molecule has 0 spiro atoms. The summed E-state index contributed by atoms with van der Waals surface area (Å²) in [6.45, 7) is 6.02. The van der Waals surface area contributed by atoms with Crippen LogP contribution in [-0.2, 0) is 11.3 Å². The molecule has 0 bridgehead atoms. The highest BCUT2D eigenvalue weighted by molar-refractivity contribution is 5.85. The topological polar surface area (TPSA) is 58.4 Å². The molecule has 0 aromatic heterocycles. The molecule has 1 aliphatic heterocycles. The summed E-state index contributed by atoms with van der Waals surface area (Å²) in [7, 11) is 0. The number of halogens is 2. The van der Waals surface area contributed by atoms with E-state index < -0.39 is 6.04 Å². The summed E-state index contributed by atoms with van der Waals surface area (Å²) in [5, 5.41) is 3.13. The molecule has 0 saturated carbocycles. The SMILES string of the molecule is Cc1ccc(C(N)C(=O)NC2CC(C)N(Cc3ccccc3)C2)cc1.Cl.Cl. The monoisotopic (exact) mass is 409 g/mol. The maximum atomic E-state index is 12.5. The summed E-state index contributed by atoms with van der Waals surface area (Å²) >= 11 is 0. The zero-order chi connectivity index (χ0) is 17.8. The third kappa shape index (κ3) is 6.22. The number of nitrogens with two attached hydrogens (primary N) is 1. The molecule has 3 unspecified atom stereocenters. The minimum atomic E-state index is -0.612. The fraction of sp³-hybridized carbons (Fsp3) is 0.381. The Kier molecular flexibility index (Phi) is 9.27. The van der Waals surface area contributed by atoms with E-state index in [4.69, 9.17) is 5.73 Å². The highest BCUT2D eigenvalue weighted by atomic mass is 35.5. The van der Waals surface area contributed by atoms with E-state index >= 15 is 0 Å². The van der Waals surface area contributed by atoms with Crippen LogP contribution in [0, 0.1) is 6.92 Å². The van der Waals surface area contributed by atoms with Crippen LogP contribution in [0.5, 0.6) is 0 Å². The van der Waals surface area contributed by atoms with Crippen LogP contribution in [0.3, 0.4) is 0 Å². The third-order valence-electron chi connectivity index (χ3n) is 5.00. The van der Waals surface area contributed by atoms with Crippen LogP contribution in [0.15, 0.2) is 54.6 Å². The quantitative estimate of drug-likeness (QED) is 0.792. The summed E-state index contributed by atoms with van der Waals surface area (Å²) in [6, 6.07) is 18.3. The molecule has 4 nitrogen and oxygen atoms in total. The Morgan fingerprint density at radius 2 is 1.78 bits per heavy atom. The first-order valence-corrected chi connectivity index (χ1v) is 8.93. The number of hydrogen-bond acceptors (Lipinski definition) is 3. The van der Waals surface area contributed by atoms with E-state index in [9.17, 15) is 4.79 Å². The number of aryl methyl sites for hydroxylation is 1. The average Bonchev–Trinajstić information content (AvgIpc) is 2.95. The van der Waals surface area contributed by atoms with Crippen molar-refractivity contribution >= 4 is 30.7 Å². The number of nitrogens with one attached hydrogen (secondary N) is 1. The lowest BCUT2D eigenvalue weighted by Gasteiger charge is -2.21. The van der Waals surface area contributed by atoms with Crippen LogP contribution in [0.4, 0.5) is 0 Å². The molecule has 1 fully saturated rings. The highest BCUT2D eigenvalue weighted by Gasteiger charge is 2.31. The largest absolute Gasteiger partial charge is 0.350 e. The average molecular weight is 410 g/mol. The molecule has 148 valence electrons. The second-order valence-corrected chi connectivity index (χ2v) is 7.09. The van der Waals surface area contributed by atoms with Gasteiger partial charge in [-0.3, -0.25) is 9.69 Å². The van der Waals surface area contributed by atoms with Gasteiger partial charge >= 0.3 is 0 Å². The van der Waals surface area contributed by atoms with Gasteiger partial charge in [0.05, 0.1) is 0 Å². The number of likely N-dealkylation sites (tertiary alicyclic amines) is 1. The number of carbonyl (C=O) groups is 1. The Balaban J connectivity index is 0.00000182. The second-order valence-electron chi connectivity index (χ2n) is 7.09. The first-order chi connectivity index (χ1) is 12.0. The van der Waals surface area contributed by atoms with Gasteiger partial charge in [-0.2, -0.15) is 0 Å². The molecule has 3 N–H and O–H groups in total. The van der Waals surface area contributed by atoms with Crippen molar-refractivity contribution in [1.29, 1.82) is 0 Å². The molecular formula is C21H29Cl2N3O. The predicted molar refractivity (Wildman–Crippen MR) is 115 cm³/mol. The highest BCUT2D eigenvalue weighted by Crippen LogP contribution is 2.21. The van der Waals surface area contributed by atoms with Crippen molar-refractivity contribution in [3.8, 4) is 0 Å². The van der Waals surface area contributed by atoms with Gasteiger partial charge in [0.15, 0.2) is 0 Å². The molecule has 1 aliphatic rings. The van der Waals surface area contributed by atoms with E-state index in [2.05, 4.69) is 41.4 Å². The minimum Gasteiger partial charge on any atom is -0.350 e. The summed E-state index contributed by atoms with van der Waals surface area (Å²) in [5.41, 5.74) is 9.46. The fourth-order valence-corrected chi connectivity index (χ4v) is 3.46. The molecule has 27 heavy (non-hydrogen) atoms. The van der Waals surface area contributed by atoms with E-state index in [1.54, 1.807) is 0 Å². The third-order valence-corrected chi connectivity index (χ3v) is 5.00. The standard InChI is InChI=1S/C21H27N3O.2ClH/c1-15-8-10-18(11-9-15)20(22)21(25)23-19-12-16(2)24(14-19)13-17-6-4-3-5-7-17;;/h3-11,16,19-20H,12-14,22H2,1-2H3,(H,23,25);2*1H. The van der Waals surface area contributed by atoms with Crippen LogP contribution >= 0.6 is 24.8 Å². The summed E-state index contributed by atoms with van der Waals surface area (Å²) in [6.07, 6.45) is 0.958. The van der Waals surface area contributed by atoms with Crippen LogP contribution < -0.4 is 11.1 Å². The Bertz CT molecular complexity index is 709. The lowest BCUT2D eigenvalue weighted by molar-refractivity contribution is -0.123. The van der Waals surface area contributed by atoms with Gasteiger partial charge in [0.2, 0.25) is 5.91 Å². The first-order valence-electron chi connectivity index (χ1n) is 8.93. The van der Waals surface area contributed by atoms with Gasteiger partial charge in [0, 0.05) is 25.2 Å². The van der Waals surface area contributed by atoms with Gasteiger partial charge in [-0.05, 0) is 31.4 Å². The predicted octanol–water partition coefficient (Wildman–Crippen LogP) is 3.62. The van der Waals surface area contributed by atoms with Crippen molar-refractivity contribution in [2.24, 2.45) is 5.73 Å². The van der Waals surface area contributed by atoms with Crippen molar-refractivity contribution in [3.63, 3.8) is 0 Å². The van der Waals surface area contributed by atoms with E-state index in [1.165, 1.54) is 5.56 Å². The summed E-state index contributed by atoms with van der Waals surface area (Å²) < 4.78 is 0. The number of carbonyl (C=O) groups excluding carboxylic acids is 1. The van der Waals surface area contributed by atoms with Gasteiger partial charge in [-0.25, -0.2) is 0 Å². The number of benzene rings is 2. The lowest BCUT2D eigenvalue weighted by atomic mass is 10.0. The van der Waals surface area contributed by atoms with Gasteiger partial charge < -0.3 is 11.1 Å². The Hall–Kier alpha value is -1.59. The van der Waals surface area contributed by atoms with Crippen LogP contribution in [0.25, 0.3) is 0 Å². The Labute approximate surface area is 174 Å². The van der Waals surface area contributed by atoms with Crippen molar-refractivity contribution < 1.29 is 4.79 Å². The van der Waals surface area contributed by atoms with Crippen LogP contribution in [-0.4, -0.2) is 29.4 Å². The normalized spacial score (nSPS) is 20.3. The molecule has 3 rings (SSSR count). The molecule has 0 radical (unpaired) electrons. The van der Waals surface area contributed by atoms with Crippen LogP contribution in [0.2, 0.25) is 0 Å². The number of nitrogens with zero attached hydrogens (tertiary/aromatic N) is 1. The number of amides is 1. The van der Waals surface area contributed by atoms with Crippen molar-refractivity contribution in [2.45, 2.75) is 44.9 Å². The molecule has 2 aromatic carbocycles. The zero-order valence-electron chi connectivity index (χ0n) is 15.8. The number of rotatable bonds is 5. The molecule has 1 heterocycles. The van der Waals surface area contributed by atoms with Crippen molar-refractivity contribution in [2.75, 3.05) is 6.54 Å². The second kappa shape index (κ2) is 10.7. The van der Waals surface area contributed by atoms with E-state index in [1.807, 2.05) is 37.3 Å². The Morgan fingerprint density at radius 1 is 1.15 bits per heavy atom. The van der Waals surface area contributed by atoms with Crippen LogP contribution in [0.1, 0.15) is 36.1 Å². The van der Waals surface area contributed by atoms with E-state index in [-0.39, 0.29) is 36.8 Å².